The molecule has 0 aliphatic carbocycles. The molecule has 21 heavy (non-hydrogen) atoms. The molecule has 1 aromatic carbocycles. The van der Waals surface area contributed by atoms with Gasteiger partial charge >= 0.3 is 5.97 Å². The van der Waals surface area contributed by atoms with Crippen molar-refractivity contribution in [1.29, 1.82) is 0 Å². The third-order valence-corrected chi connectivity index (χ3v) is 3.96. The lowest BCUT2D eigenvalue weighted by molar-refractivity contribution is -0.147. The highest BCUT2D eigenvalue weighted by atomic mass is 16.5. The highest BCUT2D eigenvalue weighted by molar-refractivity contribution is 5.76. The SMILES string of the molecule is COC(=O)[C@H]1Cc2ccccc2CN1Cc1cnn(C)c1. The smallest absolute Gasteiger partial charge is 0.323 e. The van der Waals surface area contributed by atoms with Gasteiger partial charge < -0.3 is 4.74 Å². The minimum Gasteiger partial charge on any atom is -0.468 e. The van der Waals surface area contributed by atoms with Crippen LogP contribution in [0.25, 0.3) is 0 Å². The summed E-state index contributed by atoms with van der Waals surface area (Å²) in [6, 6.07) is 8.04. The van der Waals surface area contributed by atoms with Gasteiger partial charge in [-0.15, -0.1) is 0 Å². The molecule has 1 aliphatic rings. The van der Waals surface area contributed by atoms with E-state index in [2.05, 4.69) is 22.1 Å². The summed E-state index contributed by atoms with van der Waals surface area (Å²) >= 11 is 0. The average Bonchev–Trinajstić information content (AvgIpc) is 2.91. The Kier molecular flexibility index (Phi) is 3.75. The first-order valence-electron chi connectivity index (χ1n) is 7.03. The minimum absolute atomic E-state index is 0.173. The Labute approximate surface area is 124 Å². The Morgan fingerprint density at radius 1 is 1.38 bits per heavy atom. The quantitative estimate of drug-likeness (QED) is 0.802. The van der Waals surface area contributed by atoms with Gasteiger partial charge in [0.15, 0.2) is 0 Å². The first-order valence-corrected chi connectivity index (χ1v) is 7.03. The number of aryl methyl sites for hydroxylation is 1. The highest BCUT2D eigenvalue weighted by Crippen LogP contribution is 2.25. The van der Waals surface area contributed by atoms with E-state index in [1.165, 1.54) is 18.2 Å². The Morgan fingerprint density at radius 3 is 2.81 bits per heavy atom. The van der Waals surface area contributed by atoms with Gasteiger partial charge in [0.2, 0.25) is 0 Å². The lowest BCUT2D eigenvalue weighted by atomic mass is 9.93. The summed E-state index contributed by atoms with van der Waals surface area (Å²) in [6.45, 7) is 1.45. The maximum absolute atomic E-state index is 12.1. The van der Waals surface area contributed by atoms with Crippen molar-refractivity contribution in [2.45, 2.75) is 25.6 Å². The summed E-state index contributed by atoms with van der Waals surface area (Å²) in [5.74, 6) is -0.173. The number of aromatic nitrogens is 2. The number of hydrogen-bond acceptors (Lipinski definition) is 4. The fourth-order valence-corrected chi connectivity index (χ4v) is 2.90. The normalized spacial score (nSPS) is 18.3. The van der Waals surface area contributed by atoms with Gasteiger partial charge in [0.1, 0.15) is 6.04 Å². The maximum atomic E-state index is 12.1. The second-order valence-corrected chi connectivity index (χ2v) is 5.44. The van der Waals surface area contributed by atoms with Crippen molar-refractivity contribution in [2.24, 2.45) is 7.05 Å². The highest BCUT2D eigenvalue weighted by Gasteiger charge is 2.32. The molecule has 0 saturated heterocycles. The molecular weight excluding hydrogens is 266 g/mol. The number of hydrogen-bond donors (Lipinski definition) is 0. The molecule has 0 bridgehead atoms. The number of rotatable bonds is 3. The van der Waals surface area contributed by atoms with E-state index in [-0.39, 0.29) is 12.0 Å². The fraction of sp³-hybridized carbons (Fsp3) is 0.375. The monoisotopic (exact) mass is 285 g/mol. The lowest BCUT2D eigenvalue weighted by Crippen LogP contribution is -2.45. The number of benzene rings is 1. The second-order valence-electron chi connectivity index (χ2n) is 5.44. The van der Waals surface area contributed by atoms with Gasteiger partial charge in [-0.25, -0.2) is 0 Å². The molecule has 110 valence electrons. The molecule has 0 amide bonds. The van der Waals surface area contributed by atoms with Gasteiger partial charge in [-0.1, -0.05) is 24.3 Å². The molecule has 3 rings (SSSR count). The third kappa shape index (κ3) is 2.83. The number of esters is 1. The summed E-state index contributed by atoms with van der Waals surface area (Å²) in [7, 11) is 3.35. The second kappa shape index (κ2) is 5.69. The number of ether oxygens (including phenoxy) is 1. The van der Waals surface area contributed by atoms with Crippen LogP contribution in [0.5, 0.6) is 0 Å². The maximum Gasteiger partial charge on any atom is 0.323 e. The molecule has 0 fully saturated rings. The van der Waals surface area contributed by atoms with Crippen LogP contribution in [0.15, 0.2) is 36.7 Å². The zero-order chi connectivity index (χ0) is 14.8. The van der Waals surface area contributed by atoms with Crippen molar-refractivity contribution in [2.75, 3.05) is 7.11 Å². The van der Waals surface area contributed by atoms with Crippen LogP contribution in [0.1, 0.15) is 16.7 Å². The Bertz CT molecular complexity index is 650. The first-order chi connectivity index (χ1) is 10.2. The predicted molar refractivity (Wildman–Crippen MR) is 78.4 cm³/mol. The van der Waals surface area contributed by atoms with Gasteiger partial charge in [-0.3, -0.25) is 14.4 Å². The molecule has 2 heterocycles. The third-order valence-electron chi connectivity index (χ3n) is 3.96. The van der Waals surface area contributed by atoms with Crippen LogP contribution in [-0.2, 0) is 36.1 Å². The van der Waals surface area contributed by atoms with Gasteiger partial charge in [0, 0.05) is 31.9 Å². The van der Waals surface area contributed by atoms with E-state index >= 15 is 0 Å². The molecule has 2 aromatic rings. The minimum atomic E-state index is -0.231. The van der Waals surface area contributed by atoms with Crippen molar-refractivity contribution >= 4 is 5.97 Å². The van der Waals surface area contributed by atoms with Crippen LogP contribution >= 0.6 is 0 Å². The molecule has 5 heteroatoms. The number of fused-ring (bicyclic) bond motifs is 1. The standard InChI is InChI=1S/C16H19N3O2/c1-18-9-12(8-17-18)10-19-11-14-6-4-3-5-13(14)7-15(19)16(20)21-2/h3-6,8-9,15H,7,10-11H2,1-2H3/t15-/m1/s1. The topological polar surface area (TPSA) is 47.4 Å². The van der Waals surface area contributed by atoms with E-state index in [4.69, 9.17) is 4.74 Å². The van der Waals surface area contributed by atoms with Crippen LogP contribution in [0.3, 0.4) is 0 Å². The molecule has 0 radical (unpaired) electrons. The Balaban J connectivity index is 1.87. The number of carbonyl (C=O) groups excluding carboxylic acids is 1. The Morgan fingerprint density at radius 2 is 2.14 bits per heavy atom. The summed E-state index contributed by atoms with van der Waals surface area (Å²) in [5.41, 5.74) is 3.61. The molecule has 5 nitrogen and oxygen atoms in total. The van der Waals surface area contributed by atoms with Crippen molar-refractivity contribution in [3.8, 4) is 0 Å². The van der Waals surface area contributed by atoms with Crippen molar-refractivity contribution in [3.05, 3.63) is 53.3 Å². The molecule has 1 atom stereocenters. The molecule has 0 N–H and O–H groups in total. The number of nitrogens with zero attached hydrogens (tertiary/aromatic N) is 3. The molecule has 1 aromatic heterocycles. The molecule has 0 saturated carbocycles. The van der Waals surface area contributed by atoms with Crippen molar-refractivity contribution < 1.29 is 9.53 Å². The van der Waals surface area contributed by atoms with E-state index in [9.17, 15) is 4.79 Å². The van der Waals surface area contributed by atoms with Crippen LogP contribution in [0.4, 0.5) is 0 Å². The zero-order valence-electron chi connectivity index (χ0n) is 12.3. The van der Waals surface area contributed by atoms with Crippen LogP contribution < -0.4 is 0 Å². The van der Waals surface area contributed by atoms with Crippen LogP contribution in [-0.4, -0.2) is 33.8 Å². The molecular formula is C16H19N3O2. The first kappa shape index (κ1) is 13.8. The van der Waals surface area contributed by atoms with E-state index in [1.807, 2.05) is 31.6 Å². The molecule has 0 unspecified atom stereocenters. The fourth-order valence-electron chi connectivity index (χ4n) is 2.90. The summed E-state index contributed by atoms with van der Waals surface area (Å²) in [5, 5.41) is 4.19. The van der Waals surface area contributed by atoms with Gasteiger partial charge in [0.25, 0.3) is 0 Å². The van der Waals surface area contributed by atoms with Crippen LogP contribution in [0.2, 0.25) is 0 Å². The lowest BCUT2D eigenvalue weighted by Gasteiger charge is -2.34. The number of methoxy groups -OCH3 is 1. The van der Waals surface area contributed by atoms with E-state index in [1.54, 1.807) is 4.68 Å². The largest absolute Gasteiger partial charge is 0.468 e. The van der Waals surface area contributed by atoms with E-state index < -0.39 is 0 Å². The van der Waals surface area contributed by atoms with Gasteiger partial charge in [-0.05, 0) is 17.5 Å². The zero-order valence-corrected chi connectivity index (χ0v) is 12.3. The predicted octanol–water partition coefficient (Wildman–Crippen LogP) is 1.52. The molecule has 1 aliphatic heterocycles. The average molecular weight is 285 g/mol. The number of carbonyl (C=O) groups is 1. The summed E-state index contributed by atoms with van der Waals surface area (Å²) in [4.78, 5) is 14.3. The summed E-state index contributed by atoms with van der Waals surface area (Å²) < 4.78 is 6.75. The Hall–Kier alpha value is -2.14. The van der Waals surface area contributed by atoms with Crippen LogP contribution in [0, 0.1) is 0 Å². The molecule has 0 spiro atoms. The van der Waals surface area contributed by atoms with E-state index in [0.717, 1.165) is 12.1 Å². The van der Waals surface area contributed by atoms with Crippen molar-refractivity contribution in [1.82, 2.24) is 14.7 Å². The van der Waals surface area contributed by atoms with E-state index in [0.29, 0.717) is 13.0 Å². The van der Waals surface area contributed by atoms with Crippen molar-refractivity contribution in [3.63, 3.8) is 0 Å². The summed E-state index contributed by atoms with van der Waals surface area (Å²) in [6.07, 6.45) is 4.52. The van der Waals surface area contributed by atoms with Gasteiger partial charge in [0.05, 0.1) is 13.3 Å². The van der Waals surface area contributed by atoms with Gasteiger partial charge in [-0.2, -0.15) is 5.10 Å².